The number of halogens is 1. The molecular weight excluding hydrogens is 316 g/mol. The Morgan fingerprint density at radius 2 is 1.95 bits per heavy atom. The lowest BCUT2D eigenvalue weighted by Gasteiger charge is -2.30. The highest BCUT2D eigenvalue weighted by Crippen LogP contribution is 2.22. The maximum Gasteiger partial charge on any atom is 0.253 e. The zero-order valence-corrected chi connectivity index (χ0v) is 12.8. The molecule has 3 nitrogen and oxygen atoms in total. The number of carbonyl (C=O) groups is 1. The molecule has 1 aliphatic heterocycles. The Labute approximate surface area is 126 Å². The molecule has 0 unspecified atom stereocenters. The number of nitrogens with zero attached hydrogens (tertiary/aromatic N) is 1. The summed E-state index contributed by atoms with van der Waals surface area (Å²) in [6.07, 6.45) is 2.00. The normalized spacial score (nSPS) is 19.3. The summed E-state index contributed by atoms with van der Waals surface area (Å²) in [6.45, 7) is 1.47. The van der Waals surface area contributed by atoms with E-state index in [1.165, 1.54) is 0 Å². The van der Waals surface area contributed by atoms with Crippen LogP contribution >= 0.6 is 15.9 Å². The molecule has 3 rings (SSSR count). The molecule has 1 amide bonds. The van der Waals surface area contributed by atoms with E-state index >= 15 is 0 Å². The lowest BCUT2D eigenvalue weighted by molar-refractivity contribution is 0.0709. The molecule has 20 heavy (non-hydrogen) atoms. The van der Waals surface area contributed by atoms with Gasteiger partial charge in [-0.3, -0.25) is 4.79 Å². The highest BCUT2D eigenvalue weighted by atomic mass is 79.9. The van der Waals surface area contributed by atoms with Crippen LogP contribution in [0.4, 0.5) is 0 Å². The number of fused-ring (bicyclic) bond motifs is 1. The van der Waals surface area contributed by atoms with E-state index in [2.05, 4.69) is 22.0 Å². The second kappa shape index (κ2) is 5.54. The van der Waals surface area contributed by atoms with Crippen LogP contribution in [0.5, 0.6) is 0 Å². The summed E-state index contributed by atoms with van der Waals surface area (Å²) in [6, 6.07) is 12.1. The van der Waals surface area contributed by atoms with Crippen molar-refractivity contribution in [1.29, 1.82) is 0 Å². The zero-order valence-electron chi connectivity index (χ0n) is 11.2. The first-order valence-corrected chi connectivity index (χ1v) is 7.67. The van der Waals surface area contributed by atoms with Gasteiger partial charge in [-0.05, 0) is 47.9 Å². The number of hydrogen-bond acceptors (Lipinski definition) is 2. The fraction of sp³-hybridized carbons (Fsp3) is 0.312. The van der Waals surface area contributed by atoms with Crippen molar-refractivity contribution in [2.75, 3.05) is 13.1 Å². The minimum absolute atomic E-state index is 0.0879. The van der Waals surface area contributed by atoms with Crippen LogP contribution in [0.2, 0.25) is 0 Å². The lowest BCUT2D eigenvalue weighted by Crippen LogP contribution is -2.45. The van der Waals surface area contributed by atoms with E-state index in [4.69, 9.17) is 5.73 Å². The predicted molar refractivity (Wildman–Crippen MR) is 84.8 cm³/mol. The first kappa shape index (κ1) is 13.6. The number of nitrogens with two attached hydrogens (primary N) is 1. The molecule has 1 fully saturated rings. The molecule has 104 valence electrons. The standard InChI is InChI=1S/C16H17BrN2O/c17-14-6-5-11-8-13(4-3-12(11)9-14)16(20)19-7-1-2-15(18)10-19/h3-6,8-9,15H,1-2,7,10,18H2/t15-/m1/s1. The van der Waals surface area contributed by atoms with E-state index in [0.29, 0.717) is 6.54 Å². The fourth-order valence-corrected chi connectivity index (χ4v) is 3.11. The topological polar surface area (TPSA) is 46.3 Å². The van der Waals surface area contributed by atoms with Crippen molar-refractivity contribution in [2.45, 2.75) is 18.9 Å². The van der Waals surface area contributed by atoms with Crippen LogP contribution in [0.1, 0.15) is 23.2 Å². The van der Waals surface area contributed by atoms with Gasteiger partial charge in [0.25, 0.3) is 5.91 Å². The van der Waals surface area contributed by atoms with E-state index in [9.17, 15) is 4.79 Å². The van der Waals surface area contributed by atoms with Crippen molar-refractivity contribution in [3.05, 3.63) is 46.4 Å². The van der Waals surface area contributed by atoms with E-state index in [-0.39, 0.29) is 11.9 Å². The molecule has 2 N–H and O–H groups in total. The summed E-state index contributed by atoms with van der Waals surface area (Å²) < 4.78 is 1.05. The Hall–Kier alpha value is -1.39. The summed E-state index contributed by atoms with van der Waals surface area (Å²) in [5.74, 6) is 0.0879. The van der Waals surface area contributed by atoms with Gasteiger partial charge < -0.3 is 10.6 Å². The third-order valence-corrected chi connectivity index (χ3v) is 4.29. The molecule has 0 aromatic heterocycles. The first-order chi connectivity index (χ1) is 9.63. The third kappa shape index (κ3) is 2.72. The van der Waals surface area contributed by atoms with Gasteiger partial charge >= 0.3 is 0 Å². The van der Waals surface area contributed by atoms with Crippen LogP contribution in [0.15, 0.2) is 40.9 Å². The van der Waals surface area contributed by atoms with Crippen molar-refractivity contribution in [3.8, 4) is 0 Å². The van der Waals surface area contributed by atoms with E-state index in [1.807, 2.05) is 35.2 Å². The van der Waals surface area contributed by atoms with Gasteiger partial charge in [0.15, 0.2) is 0 Å². The molecule has 1 heterocycles. The quantitative estimate of drug-likeness (QED) is 0.871. The molecule has 0 aliphatic carbocycles. The summed E-state index contributed by atoms with van der Waals surface area (Å²) >= 11 is 3.46. The molecule has 0 radical (unpaired) electrons. The third-order valence-electron chi connectivity index (χ3n) is 3.79. The fourth-order valence-electron chi connectivity index (χ4n) is 2.73. The average molecular weight is 333 g/mol. The van der Waals surface area contributed by atoms with Crippen molar-refractivity contribution < 1.29 is 4.79 Å². The van der Waals surface area contributed by atoms with E-state index in [0.717, 1.165) is 40.2 Å². The lowest BCUT2D eigenvalue weighted by atomic mass is 10.0. The largest absolute Gasteiger partial charge is 0.337 e. The zero-order chi connectivity index (χ0) is 14.1. The van der Waals surface area contributed by atoms with Gasteiger partial charge in [-0.15, -0.1) is 0 Å². The Morgan fingerprint density at radius 1 is 1.20 bits per heavy atom. The molecule has 2 aromatic rings. The summed E-state index contributed by atoms with van der Waals surface area (Å²) in [5, 5.41) is 2.21. The number of piperidine rings is 1. The first-order valence-electron chi connectivity index (χ1n) is 6.88. The van der Waals surface area contributed by atoms with Gasteiger partial charge in [0.2, 0.25) is 0 Å². The number of rotatable bonds is 1. The summed E-state index contributed by atoms with van der Waals surface area (Å²) in [7, 11) is 0. The smallest absolute Gasteiger partial charge is 0.253 e. The van der Waals surface area contributed by atoms with Gasteiger partial charge in [0.05, 0.1) is 0 Å². The maximum absolute atomic E-state index is 12.5. The summed E-state index contributed by atoms with van der Waals surface area (Å²) in [5.41, 5.74) is 6.69. The Morgan fingerprint density at radius 3 is 2.75 bits per heavy atom. The number of carbonyl (C=O) groups excluding carboxylic acids is 1. The van der Waals surface area contributed by atoms with Crippen LogP contribution < -0.4 is 5.73 Å². The molecule has 0 saturated carbocycles. The van der Waals surface area contributed by atoms with Gasteiger partial charge in [0.1, 0.15) is 0 Å². The van der Waals surface area contributed by atoms with Crippen LogP contribution in [0, 0.1) is 0 Å². The molecule has 1 atom stereocenters. The second-order valence-corrected chi connectivity index (χ2v) is 6.28. The van der Waals surface area contributed by atoms with Crippen molar-refractivity contribution in [3.63, 3.8) is 0 Å². The van der Waals surface area contributed by atoms with Gasteiger partial charge in [-0.2, -0.15) is 0 Å². The van der Waals surface area contributed by atoms with Crippen LogP contribution in [-0.4, -0.2) is 29.9 Å². The van der Waals surface area contributed by atoms with Crippen molar-refractivity contribution >= 4 is 32.6 Å². The second-order valence-electron chi connectivity index (χ2n) is 5.36. The van der Waals surface area contributed by atoms with Crippen LogP contribution in [0.25, 0.3) is 10.8 Å². The molecule has 1 aliphatic rings. The van der Waals surface area contributed by atoms with E-state index < -0.39 is 0 Å². The molecule has 0 bridgehead atoms. The molecule has 4 heteroatoms. The highest BCUT2D eigenvalue weighted by molar-refractivity contribution is 9.10. The van der Waals surface area contributed by atoms with Crippen molar-refractivity contribution in [1.82, 2.24) is 4.90 Å². The Balaban J connectivity index is 1.89. The number of benzene rings is 2. The number of likely N-dealkylation sites (tertiary alicyclic amines) is 1. The summed E-state index contributed by atoms with van der Waals surface area (Å²) in [4.78, 5) is 14.4. The molecule has 1 saturated heterocycles. The van der Waals surface area contributed by atoms with Gasteiger partial charge in [-0.1, -0.05) is 28.1 Å². The Bertz CT molecular complexity index is 656. The highest BCUT2D eigenvalue weighted by Gasteiger charge is 2.22. The number of amides is 1. The minimum Gasteiger partial charge on any atom is -0.337 e. The van der Waals surface area contributed by atoms with Crippen molar-refractivity contribution in [2.24, 2.45) is 5.73 Å². The average Bonchev–Trinajstić information content (AvgIpc) is 2.46. The predicted octanol–water partition coefficient (Wildman–Crippen LogP) is 3.17. The van der Waals surface area contributed by atoms with E-state index in [1.54, 1.807) is 0 Å². The van der Waals surface area contributed by atoms with Crippen LogP contribution in [-0.2, 0) is 0 Å². The van der Waals surface area contributed by atoms with Gasteiger partial charge in [0, 0.05) is 29.2 Å². The number of hydrogen-bond donors (Lipinski definition) is 1. The molecule has 0 spiro atoms. The SMILES string of the molecule is N[C@@H]1CCCN(C(=O)c2ccc3cc(Br)ccc3c2)C1. The monoisotopic (exact) mass is 332 g/mol. The molecule has 2 aromatic carbocycles. The molecular formula is C16H17BrN2O. The minimum atomic E-state index is 0.0879. The van der Waals surface area contributed by atoms with Crippen LogP contribution in [0.3, 0.4) is 0 Å². The Kier molecular flexibility index (Phi) is 3.76. The maximum atomic E-state index is 12.5. The van der Waals surface area contributed by atoms with Gasteiger partial charge in [-0.25, -0.2) is 0 Å².